The zero-order chi connectivity index (χ0) is 13.5. The number of benzene rings is 1. The number of carbonyl (C=O) groups excluding carboxylic acids is 1. The normalized spacial score (nSPS) is 12.4. The van der Waals surface area contributed by atoms with Crippen molar-refractivity contribution < 1.29 is 4.79 Å². The molecule has 0 spiro atoms. The fraction of sp³-hybridized carbons (Fsp3) is 0.533. The first-order valence-electron chi connectivity index (χ1n) is 6.55. The van der Waals surface area contributed by atoms with Crippen LogP contribution in [0.3, 0.4) is 0 Å². The Kier molecular flexibility index (Phi) is 6.73. The molecule has 0 amide bonds. The first kappa shape index (κ1) is 15.5. The first-order chi connectivity index (χ1) is 8.60. The molecule has 100 valence electrons. The highest BCUT2D eigenvalue weighted by atomic mass is 35.5. The zero-order valence-corrected chi connectivity index (χ0v) is 12.5. The van der Waals surface area contributed by atoms with Crippen LogP contribution in [0.2, 0.25) is 10.0 Å². The highest BCUT2D eigenvalue weighted by Gasteiger charge is 2.18. The van der Waals surface area contributed by atoms with Crippen molar-refractivity contribution in [2.45, 2.75) is 46.0 Å². The highest BCUT2D eigenvalue weighted by Crippen LogP contribution is 2.26. The smallest absolute Gasteiger partial charge is 0.140 e. The maximum Gasteiger partial charge on any atom is 0.140 e. The third-order valence-electron chi connectivity index (χ3n) is 3.27. The van der Waals surface area contributed by atoms with Gasteiger partial charge in [0.2, 0.25) is 0 Å². The molecule has 3 heteroatoms. The molecule has 1 rings (SSSR count). The molecule has 1 atom stereocenters. The number of ketones is 1. The van der Waals surface area contributed by atoms with Crippen molar-refractivity contribution in [1.82, 2.24) is 0 Å². The molecule has 0 aliphatic carbocycles. The monoisotopic (exact) mass is 286 g/mol. The van der Waals surface area contributed by atoms with Crippen LogP contribution >= 0.6 is 23.2 Å². The number of halogens is 2. The lowest BCUT2D eigenvalue weighted by atomic mass is 9.91. The summed E-state index contributed by atoms with van der Waals surface area (Å²) < 4.78 is 0. The van der Waals surface area contributed by atoms with Crippen LogP contribution in [0.15, 0.2) is 18.2 Å². The Morgan fingerprint density at radius 2 is 1.83 bits per heavy atom. The van der Waals surface area contributed by atoms with Crippen LogP contribution in [0, 0.1) is 5.92 Å². The molecule has 18 heavy (non-hydrogen) atoms. The zero-order valence-electron chi connectivity index (χ0n) is 11.0. The summed E-state index contributed by atoms with van der Waals surface area (Å²) in [6.45, 7) is 4.20. The van der Waals surface area contributed by atoms with E-state index in [-0.39, 0.29) is 11.7 Å². The van der Waals surface area contributed by atoms with Gasteiger partial charge in [0.1, 0.15) is 5.78 Å². The van der Waals surface area contributed by atoms with E-state index in [0.29, 0.717) is 16.5 Å². The van der Waals surface area contributed by atoms with Gasteiger partial charge in [-0.25, -0.2) is 0 Å². The van der Waals surface area contributed by atoms with Gasteiger partial charge in [-0.15, -0.1) is 0 Å². The third kappa shape index (κ3) is 4.29. The Morgan fingerprint density at radius 1 is 1.22 bits per heavy atom. The summed E-state index contributed by atoms with van der Waals surface area (Å²) in [7, 11) is 0. The first-order valence-corrected chi connectivity index (χ1v) is 7.31. The van der Waals surface area contributed by atoms with E-state index in [1.54, 1.807) is 18.2 Å². The number of rotatable bonds is 7. The van der Waals surface area contributed by atoms with Crippen molar-refractivity contribution in [3.8, 4) is 0 Å². The summed E-state index contributed by atoms with van der Waals surface area (Å²) in [4.78, 5) is 12.2. The average molecular weight is 287 g/mol. The topological polar surface area (TPSA) is 17.1 Å². The van der Waals surface area contributed by atoms with Crippen LogP contribution in [0.4, 0.5) is 0 Å². The second-order valence-electron chi connectivity index (χ2n) is 4.59. The van der Waals surface area contributed by atoms with Crippen molar-refractivity contribution in [2.24, 2.45) is 5.92 Å². The van der Waals surface area contributed by atoms with E-state index in [1.807, 2.05) is 0 Å². The number of unbranched alkanes of at least 4 members (excludes halogenated alkanes) is 1. The van der Waals surface area contributed by atoms with E-state index in [0.717, 1.165) is 31.2 Å². The molecule has 0 saturated heterocycles. The van der Waals surface area contributed by atoms with Gasteiger partial charge in [-0.3, -0.25) is 4.79 Å². The van der Waals surface area contributed by atoms with Crippen LogP contribution in [0.25, 0.3) is 0 Å². The molecule has 0 saturated carbocycles. The molecular formula is C15H20Cl2O. The van der Waals surface area contributed by atoms with Gasteiger partial charge in [0.15, 0.2) is 0 Å². The van der Waals surface area contributed by atoms with Gasteiger partial charge in [0.05, 0.1) is 0 Å². The van der Waals surface area contributed by atoms with Gasteiger partial charge in [-0.05, 0) is 30.5 Å². The van der Waals surface area contributed by atoms with Crippen LogP contribution in [-0.4, -0.2) is 5.78 Å². The van der Waals surface area contributed by atoms with Gasteiger partial charge in [0, 0.05) is 22.4 Å². The lowest BCUT2D eigenvalue weighted by molar-refractivity contribution is -0.122. The van der Waals surface area contributed by atoms with E-state index in [2.05, 4.69) is 13.8 Å². The fourth-order valence-electron chi connectivity index (χ4n) is 2.06. The number of hydrogen-bond donors (Lipinski definition) is 0. The molecule has 1 aromatic rings. The van der Waals surface area contributed by atoms with Crippen LogP contribution in [0.1, 0.15) is 45.1 Å². The predicted octanol–water partition coefficient (Wildman–Crippen LogP) is 5.32. The molecule has 0 aliphatic heterocycles. The number of carbonyl (C=O) groups is 1. The molecular weight excluding hydrogens is 267 g/mol. The average Bonchev–Trinajstić information content (AvgIpc) is 2.35. The maximum atomic E-state index is 12.2. The second-order valence-corrected chi connectivity index (χ2v) is 5.41. The summed E-state index contributed by atoms with van der Waals surface area (Å²) >= 11 is 12.2. The summed E-state index contributed by atoms with van der Waals surface area (Å²) in [6.07, 6.45) is 4.42. The molecule has 0 bridgehead atoms. The van der Waals surface area contributed by atoms with Gasteiger partial charge in [-0.1, -0.05) is 56.0 Å². The fourth-order valence-corrected chi connectivity index (χ4v) is 2.59. The molecule has 1 nitrogen and oxygen atoms in total. The molecule has 0 N–H and O–H groups in total. The van der Waals surface area contributed by atoms with Crippen molar-refractivity contribution in [3.05, 3.63) is 33.8 Å². The Bertz CT molecular complexity index is 381. The lowest BCUT2D eigenvalue weighted by Crippen LogP contribution is -2.16. The largest absolute Gasteiger partial charge is 0.299 e. The molecule has 0 radical (unpaired) electrons. The summed E-state index contributed by atoms with van der Waals surface area (Å²) in [5, 5.41) is 1.17. The van der Waals surface area contributed by atoms with Gasteiger partial charge < -0.3 is 0 Å². The maximum absolute atomic E-state index is 12.2. The summed E-state index contributed by atoms with van der Waals surface area (Å²) in [6, 6.07) is 5.36. The van der Waals surface area contributed by atoms with Crippen LogP contribution in [-0.2, 0) is 11.2 Å². The SMILES string of the molecule is CCCCC(CC)C(=O)Cc1c(Cl)cccc1Cl. The minimum Gasteiger partial charge on any atom is -0.299 e. The lowest BCUT2D eigenvalue weighted by Gasteiger charge is -2.14. The van der Waals surface area contributed by atoms with E-state index in [9.17, 15) is 4.79 Å². The van der Waals surface area contributed by atoms with Gasteiger partial charge in [-0.2, -0.15) is 0 Å². The number of Topliss-reactive ketones (excluding diaryl/α,β-unsaturated/α-hetero) is 1. The van der Waals surface area contributed by atoms with E-state index >= 15 is 0 Å². The Hall–Kier alpha value is -0.530. The molecule has 1 unspecified atom stereocenters. The Balaban J connectivity index is 2.73. The second kappa shape index (κ2) is 7.81. The minimum atomic E-state index is 0.136. The molecule has 0 aliphatic rings. The van der Waals surface area contributed by atoms with Crippen molar-refractivity contribution >= 4 is 29.0 Å². The molecule has 0 aromatic heterocycles. The standard InChI is InChI=1S/C15H20Cl2O/c1-3-5-7-11(4-2)15(18)10-12-13(16)8-6-9-14(12)17/h6,8-9,11H,3-5,7,10H2,1-2H3. The van der Waals surface area contributed by atoms with Gasteiger partial charge >= 0.3 is 0 Å². The van der Waals surface area contributed by atoms with Crippen LogP contribution < -0.4 is 0 Å². The van der Waals surface area contributed by atoms with Crippen molar-refractivity contribution in [1.29, 1.82) is 0 Å². The van der Waals surface area contributed by atoms with Gasteiger partial charge in [0.25, 0.3) is 0 Å². The van der Waals surface area contributed by atoms with E-state index in [4.69, 9.17) is 23.2 Å². The molecule has 0 heterocycles. The molecule has 0 fully saturated rings. The summed E-state index contributed by atoms with van der Waals surface area (Å²) in [5.41, 5.74) is 0.765. The third-order valence-corrected chi connectivity index (χ3v) is 3.98. The highest BCUT2D eigenvalue weighted by molar-refractivity contribution is 6.36. The van der Waals surface area contributed by atoms with Crippen molar-refractivity contribution in [2.75, 3.05) is 0 Å². The Labute approximate surface area is 119 Å². The number of hydrogen-bond acceptors (Lipinski definition) is 1. The van der Waals surface area contributed by atoms with Crippen LogP contribution in [0.5, 0.6) is 0 Å². The van der Waals surface area contributed by atoms with E-state index in [1.165, 1.54) is 0 Å². The van der Waals surface area contributed by atoms with Crippen molar-refractivity contribution in [3.63, 3.8) is 0 Å². The quantitative estimate of drug-likeness (QED) is 0.663. The summed E-state index contributed by atoms with van der Waals surface area (Å²) in [5.74, 6) is 0.387. The minimum absolute atomic E-state index is 0.136. The predicted molar refractivity (Wildman–Crippen MR) is 78.5 cm³/mol. The molecule has 1 aromatic carbocycles. The van der Waals surface area contributed by atoms with E-state index < -0.39 is 0 Å². The Morgan fingerprint density at radius 3 is 2.33 bits per heavy atom.